The van der Waals surface area contributed by atoms with Crippen LogP contribution in [0.1, 0.15) is 46.0 Å². The molecule has 164 valence electrons. The molecule has 0 aromatic heterocycles. The summed E-state index contributed by atoms with van der Waals surface area (Å²) in [6.07, 6.45) is 1.50. The highest BCUT2D eigenvalue weighted by Crippen LogP contribution is 2.10. The molecule has 0 aliphatic carbocycles. The van der Waals surface area contributed by atoms with Crippen LogP contribution in [0.25, 0.3) is 0 Å². The Labute approximate surface area is 169 Å². The minimum Gasteiger partial charge on any atom is -0.481 e. The van der Waals surface area contributed by atoms with E-state index in [0.29, 0.717) is 19.4 Å². The molecule has 1 saturated heterocycles. The van der Waals surface area contributed by atoms with Gasteiger partial charge < -0.3 is 31.5 Å². The van der Waals surface area contributed by atoms with Gasteiger partial charge in [-0.15, -0.1) is 0 Å². The maximum absolute atomic E-state index is 12.7. The summed E-state index contributed by atoms with van der Waals surface area (Å²) in [5.74, 6) is -4.38. The molecule has 3 amide bonds. The molecule has 6 N–H and O–H groups in total. The fourth-order valence-corrected chi connectivity index (χ4v) is 2.95. The number of amides is 3. The molecule has 1 aliphatic heterocycles. The molecule has 0 saturated carbocycles. The van der Waals surface area contributed by atoms with Gasteiger partial charge >= 0.3 is 11.9 Å². The summed E-state index contributed by atoms with van der Waals surface area (Å²) < 4.78 is 0. The van der Waals surface area contributed by atoms with Gasteiger partial charge in [0.25, 0.3) is 0 Å². The smallest absolute Gasteiger partial charge is 0.322 e. The van der Waals surface area contributed by atoms with Gasteiger partial charge in [-0.2, -0.15) is 0 Å². The van der Waals surface area contributed by atoms with Crippen LogP contribution in [0.2, 0.25) is 0 Å². The van der Waals surface area contributed by atoms with Crippen LogP contribution in [0.3, 0.4) is 0 Å². The Bertz CT molecular complexity index is 619. The SMILES string of the molecule is CCC(C)C(NC(=O)C(CCC(=O)O)NC(=O)C1CCCN1)C(=O)NCC(=O)O. The van der Waals surface area contributed by atoms with E-state index in [1.165, 1.54) is 0 Å². The van der Waals surface area contributed by atoms with Crippen LogP contribution >= 0.6 is 0 Å². The number of rotatable bonds is 12. The second-order valence-electron chi connectivity index (χ2n) is 7.13. The Morgan fingerprint density at radius 3 is 2.28 bits per heavy atom. The fraction of sp³-hybridized carbons (Fsp3) is 0.722. The van der Waals surface area contributed by atoms with E-state index in [1.54, 1.807) is 6.92 Å². The number of hydrogen-bond donors (Lipinski definition) is 6. The van der Waals surface area contributed by atoms with E-state index in [4.69, 9.17) is 10.2 Å². The first-order valence-corrected chi connectivity index (χ1v) is 9.71. The van der Waals surface area contributed by atoms with Crippen LogP contribution in [-0.2, 0) is 24.0 Å². The Morgan fingerprint density at radius 2 is 1.76 bits per heavy atom. The largest absolute Gasteiger partial charge is 0.481 e. The van der Waals surface area contributed by atoms with Gasteiger partial charge in [-0.3, -0.25) is 24.0 Å². The minimum absolute atomic E-state index is 0.135. The summed E-state index contributed by atoms with van der Waals surface area (Å²) in [5, 5.41) is 28.0. The Kier molecular flexibility index (Phi) is 10.1. The fourth-order valence-electron chi connectivity index (χ4n) is 2.95. The second kappa shape index (κ2) is 12.0. The van der Waals surface area contributed by atoms with Crippen molar-refractivity contribution in [3.63, 3.8) is 0 Å². The number of hydrogen-bond acceptors (Lipinski definition) is 6. The van der Waals surface area contributed by atoms with Crippen molar-refractivity contribution in [2.45, 2.75) is 64.1 Å². The quantitative estimate of drug-likeness (QED) is 0.231. The molecular formula is C18H30N4O7. The van der Waals surface area contributed by atoms with Crippen molar-refractivity contribution < 1.29 is 34.2 Å². The zero-order chi connectivity index (χ0) is 22.0. The molecule has 29 heavy (non-hydrogen) atoms. The lowest BCUT2D eigenvalue weighted by atomic mass is 9.97. The molecule has 11 nitrogen and oxygen atoms in total. The second-order valence-corrected chi connectivity index (χ2v) is 7.13. The van der Waals surface area contributed by atoms with Gasteiger partial charge in [0.2, 0.25) is 17.7 Å². The molecule has 0 bridgehead atoms. The van der Waals surface area contributed by atoms with Crippen LogP contribution in [-0.4, -0.2) is 71.1 Å². The van der Waals surface area contributed by atoms with Crippen LogP contribution in [0, 0.1) is 5.92 Å². The van der Waals surface area contributed by atoms with Gasteiger partial charge in [0, 0.05) is 6.42 Å². The van der Waals surface area contributed by atoms with Gasteiger partial charge in [0.1, 0.15) is 18.6 Å². The highest BCUT2D eigenvalue weighted by atomic mass is 16.4. The third kappa shape index (κ3) is 8.46. The molecule has 0 radical (unpaired) electrons. The third-order valence-electron chi connectivity index (χ3n) is 4.86. The average Bonchev–Trinajstić information content (AvgIpc) is 3.21. The molecule has 1 aliphatic rings. The number of nitrogens with one attached hydrogen (secondary N) is 4. The zero-order valence-corrected chi connectivity index (χ0v) is 16.7. The number of aliphatic carboxylic acids is 2. The van der Waals surface area contributed by atoms with Gasteiger partial charge in [0.05, 0.1) is 6.04 Å². The first-order valence-electron chi connectivity index (χ1n) is 9.71. The molecule has 1 fully saturated rings. The molecule has 0 spiro atoms. The van der Waals surface area contributed by atoms with E-state index >= 15 is 0 Å². The monoisotopic (exact) mass is 414 g/mol. The maximum atomic E-state index is 12.7. The molecular weight excluding hydrogens is 384 g/mol. The third-order valence-corrected chi connectivity index (χ3v) is 4.86. The summed E-state index contributed by atoms with van der Waals surface area (Å²) >= 11 is 0. The number of carboxylic acid groups (broad SMARTS) is 2. The van der Waals surface area contributed by atoms with Gasteiger partial charge in [-0.25, -0.2) is 0 Å². The number of carbonyl (C=O) groups excluding carboxylic acids is 3. The predicted molar refractivity (Wildman–Crippen MR) is 102 cm³/mol. The Hall–Kier alpha value is -2.69. The number of carbonyl (C=O) groups is 5. The first-order chi connectivity index (χ1) is 13.6. The minimum atomic E-state index is -1.22. The van der Waals surface area contributed by atoms with E-state index in [2.05, 4.69) is 21.3 Å². The number of carboxylic acids is 2. The van der Waals surface area contributed by atoms with Crippen LogP contribution < -0.4 is 21.3 Å². The van der Waals surface area contributed by atoms with Crippen molar-refractivity contribution in [1.82, 2.24) is 21.3 Å². The van der Waals surface area contributed by atoms with Gasteiger partial charge in [-0.1, -0.05) is 20.3 Å². The lowest BCUT2D eigenvalue weighted by Gasteiger charge is -2.26. The molecule has 4 unspecified atom stereocenters. The molecule has 11 heteroatoms. The zero-order valence-electron chi connectivity index (χ0n) is 16.7. The standard InChI is InChI=1S/C18H30N4O7/c1-3-10(2)15(18(29)20-9-14(25)26)22-17(28)12(6-7-13(23)24)21-16(27)11-5-4-8-19-11/h10-12,15,19H,3-9H2,1-2H3,(H,20,29)(H,21,27)(H,22,28)(H,23,24)(H,25,26). The molecule has 0 aromatic carbocycles. The summed E-state index contributed by atoms with van der Waals surface area (Å²) in [4.78, 5) is 59.0. The molecule has 1 rings (SSSR count). The highest BCUT2D eigenvalue weighted by Gasteiger charge is 2.32. The van der Waals surface area contributed by atoms with Gasteiger partial charge in [0.15, 0.2) is 0 Å². The van der Waals surface area contributed by atoms with Crippen molar-refractivity contribution in [3.8, 4) is 0 Å². The summed E-state index contributed by atoms with van der Waals surface area (Å²) in [6, 6.07) is -2.58. The molecule has 4 atom stereocenters. The van der Waals surface area contributed by atoms with Crippen molar-refractivity contribution in [2.24, 2.45) is 5.92 Å². The van der Waals surface area contributed by atoms with E-state index in [0.717, 1.165) is 6.42 Å². The topological polar surface area (TPSA) is 174 Å². The normalized spacial score (nSPS) is 18.9. The van der Waals surface area contributed by atoms with Crippen molar-refractivity contribution in [1.29, 1.82) is 0 Å². The highest BCUT2D eigenvalue weighted by molar-refractivity contribution is 5.94. The first kappa shape index (κ1) is 24.3. The molecule has 1 heterocycles. The lowest BCUT2D eigenvalue weighted by Crippen LogP contribution is -2.57. The Morgan fingerprint density at radius 1 is 1.07 bits per heavy atom. The maximum Gasteiger partial charge on any atom is 0.322 e. The summed E-state index contributed by atoms with van der Waals surface area (Å²) in [6.45, 7) is 3.63. The summed E-state index contributed by atoms with van der Waals surface area (Å²) in [7, 11) is 0. The average molecular weight is 414 g/mol. The van der Waals surface area contributed by atoms with E-state index < -0.39 is 54.3 Å². The predicted octanol–water partition coefficient (Wildman–Crippen LogP) is -1.18. The van der Waals surface area contributed by atoms with Crippen LogP contribution in [0.15, 0.2) is 0 Å². The molecule has 0 aromatic rings. The lowest BCUT2D eigenvalue weighted by molar-refractivity contribution is -0.139. The van der Waals surface area contributed by atoms with Crippen LogP contribution in [0.4, 0.5) is 0 Å². The van der Waals surface area contributed by atoms with Crippen molar-refractivity contribution >= 4 is 29.7 Å². The van der Waals surface area contributed by atoms with Gasteiger partial charge in [-0.05, 0) is 31.7 Å². The Balaban J connectivity index is 2.85. The van der Waals surface area contributed by atoms with E-state index in [1.807, 2.05) is 6.92 Å². The van der Waals surface area contributed by atoms with E-state index in [9.17, 15) is 24.0 Å². The van der Waals surface area contributed by atoms with E-state index in [-0.39, 0.29) is 18.8 Å². The summed E-state index contributed by atoms with van der Waals surface area (Å²) in [5.41, 5.74) is 0. The van der Waals surface area contributed by atoms with Crippen molar-refractivity contribution in [3.05, 3.63) is 0 Å². The van der Waals surface area contributed by atoms with Crippen molar-refractivity contribution in [2.75, 3.05) is 13.1 Å². The van der Waals surface area contributed by atoms with Crippen LogP contribution in [0.5, 0.6) is 0 Å².